The highest BCUT2D eigenvalue weighted by Crippen LogP contribution is 2.32. The second-order valence-corrected chi connectivity index (χ2v) is 6.42. The van der Waals surface area contributed by atoms with Crippen LogP contribution in [-0.2, 0) is 17.8 Å². The molecule has 21 heavy (non-hydrogen) atoms. The lowest BCUT2D eigenvalue weighted by Crippen LogP contribution is -2.13. The van der Waals surface area contributed by atoms with Gasteiger partial charge in [-0.15, -0.1) is 6.58 Å². The van der Waals surface area contributed by atoms with E-state index in [2.05, 4.69) is 43.8 Å². The molecule has 2 rings (SSSR count). The Kier molecular flexibility index (Phi) is 7.02. The topological polar surface area (TPSA) is 9.23 Å². The van der Waals surface area contributed by atoms with Crippen molar-refractivity contribution in [3.8, 4) is 0 Å². The highest BCUT2D eigenvalue weighted by Gasteiger charge is 2.18. The van der Waals surface area contributed by atoms with Gasteiger partial charge in [-0.1, -0.05) is 37.3 Å². The third-order valence-electron chi connectivity index (χ3n) is 4.71. The smallest absolute Gasteiger partial charge is 0.0716 e. The predicted octanol–water partition coefficient (Wildman–Crippen LogP) is 5.54. The molecule has 1 aliphatic carbocycles. The first-order valence-corrected chi connectivity index (χ1v) is 8.60. The lowest BCUT2D eigenvalue weighted by atomic mass is 9.79. The van der Waals surface area contributed by atoms with Crippen LogP contribution in [0.4, 0.5) is 0 Å². The fourth-order valence-electron chi connectivity index (χ4n) is 3.22. The van der Waals surface area contributed by atoms with E-state index in [-0.39, 0.29) is 0 Å². The summed E-state index contributed by atoms with van der Waals surface area (Å²) in [6.45, 7) is 7.68. The summed E-state index contributed by atoms with van der Waals surface area (Å²) in [5, 5.41) is 0. The fourth-order valence-corrected chi connectivity index (χ4v) is 3.22. The summed E-state index contributed by atoms with van der Waals surface area (Å²) < 4.78 is 5.58. The monoisotopic (exact) mass is 286 g/mol. The summed E-state index contributed by atoms with van der Waals surface area (Å²) >= 11 is 0. The maximum atomic E-state index is 5.58. The average molecular weight is 286 g/mol. The van der Waals surface area contributed by atoms with Gasteiger partial charge < -0.3 is 4.74 Å². The Morgan fingerprint density at radius 3 is 2.38 bits per heavy atom. The molecule has 1 fully saturated rings. The van der Waals surface area contributed by atoms with E-state index in [0.29, 0.717) is 0 Å². The van der Waals surface area contributed by atoms with Crippen molar-refractivity contribution in [3.63, 3.8) is 0 Å². The molecule has 0 N–H and O–H groups in total. The minimum absolute atomic E-state index is 0.750. The Bertz CT molecular complexity index is 398. The van der Waals surface area contributed by atoms with E-state index in [0.717, 1.165) is 31.5 Å². The number of hydrogen-bond donors (Lipinski definition) is 0. The van der Waals surface area contributed by atoms with Crippen molar-refractivity contribution < 1.29 is 4.74 Å². The first kappa shape index (κ1) is 16.3. The van der Waals surface area contributed by atoms with Crippen LogP contribution in [0, 0.1) is 11.8 Å². The largest absolute Gasteiger partial charge is 0.377 e. The van der Waals surface area contributed by atoms with E-state index >= 15 is 0 Å². The number of benzene rings is 1. The van der Waals surface area contributed by atoms with Gasteiger partial charge in [-0.05, 0) is 67.9 Å². The van der Waals surface area contributed by atoms with E-state index in [4.69, 9.17) is 4.74 Å². The molecule has 1 heteroatoms. The van der Waals surface area contributed by atoms with E-state index in [1.165, 1.54) is 49.7 Å². The van der Waals surface area contributed by atoms with Gasteiger partial charge in [0.25, 0.3) is 0 Å². The van der Waals surface area contributed by atoms with Crippen LogP contribution in [0.3, 0.4) is 0 Å². The molecule has 116 valence electrons. The van der Waals surface area contributed by atoms with Crippen molar-refractivity contribution in [2.24, 2.45) is 11.8 Å². The molecule has 0 radical (unpaired) electrons. The molecular formula is C20H30O. The Morgan fingerprint density at radius 2 is 1.76 bits per heavy atom. The molecule has 0 aromatic heterocycles. The molecule has 1 saturated carbocycles. The van der Waals surface area contributed by atoms with Crippen molar-refractivity contribution in [1.29, 1.82) is 0 Å². The summed E-state index contributed by atoms with van der Waals surface area (Å²) in [7, 11) is 0. The van der Waals surface area contributed by atoms with Crippen LogP contribution in [0.2, 0.25) is 0 Å². The lowest BCUT2D eigenvalue weighted by Gasteiger charge is -2.26. The SMILES string of the molecule is C=CC1CCC(CCc2ccc(COCCC)cc2)CC1. The van der Waals surface area contributed by atoms with E-state index in [1.54, 1.807) is 0 Å². The summed E-state index contributed by atoms with van der Waals surface area (Å²) in [4.78, 5) is 0. The number of allylic oxidation sites excluding steroid dienone is 1. The molecule has 0 aliphatic heterocycles. The molecule has 0 bridgehead atoms. The van der Waals surface area contributed by atoms with Crippen LogP contribution in [0.5, 0.6) is 0 Å². The van der Waals surface area contributed by atoms with Gasteiger partial charge in [0.1, 0.15) is 0 Å². The van der Waals surface area contributed by atoms with Crippen molar-refractivity contribution in [2.45, 2.75) is 58.5 Å². The van der Waals surface area contributed by atoms with E-state index in [9.17, 15) is 0 Å². The van der Waals surface area contributed by atoms with Gasteiger partial charge in [0, 0.05) is 6.61 Å². The Morgan fingerprint density at radius 1 is 1.10 bits per heavy atom. The summed E-state index contributed by atoms with van der Waals surface area (Å²) in [5.41, 5.74) is 2.76. The Labute approximate surface area is 130 Å². The molecular weight excluding hydrogens is 256 g/mol. The maximum absolute atomic E-state index is 5.58. The molecule has 1 nitrogen and oxygen atoms in total. The Hall–Kier alpha value is -1.08. The van der Waals surface area contributed by atoms with Crippen molar-refractivity contribution in [3.05, 3.63) is 48.0 Å². The first-order valence-electron chi connectivity index (χ1n) is 8.60. The second kappa shape index (κ2) is 9.04. The van der Waals surface area contributed by atoms with Crippen LogP contribution in [0.15, 0.2) is 36.9 Å². The zero-order chi connectivity index (χ0) is 14.9. The third-order valence-corrected chi connectivity index (χ3v) is 4.71. The zero-order valence-electron chi connectivity index (χ0n) is 13.5. The standard InChI is InChI=1S/C20H30O/c1-3-15-21-16-20-13-11-19(12-14-20)10-9-18-7-5-17(4-2)6-8-18/h4,11-14,17-18H,2-3,5-10,15-16H2,1H3. The normalized spacial score (nSPS) is 22.1. The molecule has 0 atom stereocenters. The summed E-state index contributed by atoms with van der Waals surface area (Å²) in [6, 6.07) is 9.00. The van der Waals surface area contributed by atoms with Crippen LogP contribution < -0.4 is 0 Å². The molecule has 0 saturated heterocycles. The highest BCUT2D eigenvalue weighted by atomic mass is 16.5. The molecule has 0 unspecified atom stereocenters. The molecule has 1 aromatic carbocycles. The molecule has 0 amide bonds. The molecule has 1 aliphatic rings. The Balaban J connectivity index is 1.70. The highest BCUT2D eigenvalue weighted by molar-refractivity contribution is 5.22. The number of aryl methyl sites for hydroxylation is 1. The predicted molar refractivity (Wildman–Crippen MR) is 90.4 cm³/mol. The van der Waals surface area contributed by atoms with Gasteiger partial charge in [-0.25, -0.2) is 0 Å². The minimum atomic E-state index is 0.750. The number of ether oxygens (including phenoxy) is 1. The van der Waals surface area contributed by atoms with Gasteiger partial charge in [-0.3, -0.25) is 0 Å². The van der Waals surface area contributed by atoms with Crippen molar-refractivity contribution in [1.82, 2.24) is 0 Å². The van der Waals surface area contributed by atoms with Crippen LogP contribution in [-0.4, -0.2) is 6.61 Å². The van der Waals surface area contributed by atoms with Gasteiger partial charge >= 0.3 is 0 Å². The minimum Gasteiger partial charge on any atom is -0.377 e. The van der Waals surface area contributed by atoms with E-state index in [1.807, 2.05) is 0 Å². The first-order chi connectivity index (χ1) is 10.3. The van der Waals surface area contributed by atoms with Crippen molar-refractivity contribution in [2.75, 3.05) is 6.61 Å². The summed E-state index contributed by atoms with van der Waals surface area (Å²) in [6.07, 6.45) is 11.3. The van der Waals surface area contributed by atoms with Crippen LogP contribution in [0.1, 0.15) is 56.6 Å². The van der Waals surface area contributed by atoms with Gasteiger partial charge in [-0.2, -0.15) is 0 Å². The maximum Gasteiger partial charge on any atom is 0.0716 e. The van der Waals surface area contributed by atoms with Crippen LogP contribution in [0.25, 0.3) is 0 Å². The zero-order valence-corrected chi connectivity index (χ0v) is 13.5. The average Bonchev–Trinajstić information content (AvgIpc) is 2.55. The third kappa shape index (κ3) is 5.67. The van der Waals surface area contributed by atoms with Crippen molar-refractivity contribution >= 4 is 0 Å². The number of rotatable bonds is 8. The molecule has 0 spiro atoms. The quantitative estimate of drug-likeness (QED) is 0.450. The lowest BCUT2D eigenvalue weighted by molar-refractivity contribution is 0.121. The van der Waals surface area contributed by atoms with Crippen LogP contribution >= 0.6 is 0 Å². The molecule has 1 aromatic rings. The van der Waals surface area contributed by atoms with Gasteiger partial charge in [0.05, 0.1) is 6.61 Å². The van der Waals surface area contributed by atoms with E-state index < -0.39 is 0 Å². The number of hydrogen-bond acceptors (Lipinski definition) is 1. The fraction of sp³-hybridized carbons (Fsp3) is 0.600. The van der Waals surface area contributed by atoms with Gasteiger partial charge in [0.2, 0.25) is 0 Å². The summed E-state index contributed by atoms with van der Waals surface area (Å²) in [5.74, 6) is 1.71. The van der Waals surface area contributed by atoms with Gasteiger partial charge in [0.15, 0.2) is 0 Å². The second-order valence-electron chi connectivity index (χ2n) is 6.42. The molecule has 0 heterocycles.